The van der Waals surface area contributed by atoms with Gasteiger partial charge in [-0.3, -0.25) is 0 Å². The van der Waals surface area contributed by atoms with Crippen molar-refractivity contribution in [1.29, 1.82) is 0 Å². The van der Waals surface area contributed by atoms with E-state index >= 15 is 0 Å². The van der Waals surface area contributed by atoms with Crippen LogP contribution in [0.4, 0.5) is 13.2 Å². The Morgan fingerprint density at radius 2 is 2.00 bits per heavy atom. The van der Waals surface area contributed by atoms with E-state index in [1.165, 1.54) is 5.06 Å². The molecule has 1 saturated heterocycles. The van der Waals surface area contributed by atoms with Gasteiger partial charge in [-0.2, -0.15) is 13.2 Å². The third-order valence-electron chi connectivity index (χ3n) is 2.99. The molecule has 0 N–H and O–H groups in total. The van der Waals surface area contributed by atoms with Crippen LogP contribution in [0.3, 0.4) is 0 Å². The molecule has 0 spiro atoms. The summed E-state index contributed by atoms with van der Waals surface area (Å²) in [4.78, 5) is 16.8. The maximum atomic E-state index is 12.2. The Hall–Kier alpha value is -1.56. The SMILES string of the molecule is O=C(ON1CCC(CC(F)(F)F)C1)c1ccccc1. The van der Waals surface area contributed by atoms with Gasteiger partial charge in [0, 0.05) is 19.5 Å². The van der Waals surface area contributed by atoms with Gasteiger partial charge in [0.15, 0.2) is 0 Å². The van der Waals surface area contributed by atoms with E-state index in [1.54, 1.807) is 30.3 Å². The fourth-order valence-corrected chi connectivity index (χ4v) is 2.12. The van der Waals surface area contributed by atoms with Crippen LogP contribution in [-0.4, -0.2) is 30.3 Å². The van der Waals surface area contributed by atoms with E-state index in [-0.39, 0.29) is 6.54 Å². The van der Waals surface area contributed by atoms with Crippen molar-refractivity contribution in [1.82, 2.24) is 5.06 Å². The van der Waals surface area contributed by atoms with Crippen LogP contribution in [0.1, 0.15) is 23.2 Å². The second-order valence-electron chi connectivity index (χ2n) is 4.61. The van der Waals surface area contributed by atoms with E-state index in [0.29, 0.717) is 18.5 Å². The molecule has 1 heterocycles. The maximum Gasteiger partial charge on any atom is 0.389 e. The molecule has 0 saturated carbocycles. The highest BCUT2D eigenvalue weighted by Crippen LogP contribution is 2.30. The summed E-state index contributed by atoms with van der Waals surface area (Å²) in [5.74, 6) is -1.03. The van der Waals surface area contributed by atoms with E-state index < -0.39 is 24.5 Å². The first-order chi connectivity index (χ1) is 8.94. The average molecular weight is 273 g/mol. The van der Waals surface area contributed by atoms with Crippen LogP contribution < -0.4 is 0 Å². The van der Waals surface area contributed by atoms with Crippen LogP contribution in [-0.2, 0) is 4.84 Å². The van der Waals surface area contributed by atoms with Crippen molar-refractivity contribution in [3.63, 3.8) is 0 Å². The molecule has 0 aromatic heterocycles. The lowest BCUT2D eigenvalue weighted by molar-refractivity contribution is -0.147. The lowest BCUT2D eigenvalue weighted by atomic mass is 10.1. The van der Waals surface area contributed by atoms with Crippen molar-refractivity contribution in [2.75, 3.05) is 13.1 Å². The Balaban J connectivity index is 1.84. The van der Waals surface area contributed by atoms with Crippen LogP contribution in [0.25, 0.3) is 0 Å². The van der Waals surface area contributed by atoms with Crippen molar-refractivity contribution < 1.29 is 22.8 Å². The van der Waals surface area contributed by atoms with Gasteiger partial charge >= 0.3 is 12.1 Å². The average Bonchev–Trinajstić information content (AvgIpc) is 2.75. The Bertz CT molecular complexity index is 433. The Morgan fingerprint density at radius 3 is 2.63 bits per heavy atom. The fraction of sp³-hybridized carbons (Fsp3) is 0.462. The first kappa shape index (κ1) is 13.9. The zero-order chi connectivity index (χ0) is 13.9. The molecule has 1 aromatic rings. The molecule has 1 fully saturated rings. The van der Waals surface area contributed by atoms with Gasteiger partial charge in [0.1, 0.15) is 0 Å². The molecule has 0 amide bonds. The van der Waals surface area contributed by atoms with Gasteiger partial charge in [0.25, 0.3) is 0 Å². The van der Waals surface area contributed by atoms with E-state index in [1.807, 2.05) is 0 Å². The minimum atomic E-state index is -4.16. The monoisotopic (exact) mass is 273 g/mol. The summed E-state index contributed by atoms with van der Waals surface area (Å²) in [6, 6.07) is 8.38. The standard InChI is InChI=1S/C13H14F3NO2/c14-13(15,16)8-10-6-7-17(9-10)19-12(18)11-4-2-1-3-5-11/h1-5,10H,6-9H2. The van der Waals surface area contributed by atoms with E-state index in [0.717, 1.165) is 0 Å². The van der Waals surface area contributed by atoms with Gasteiger partial charge in [-0.25, -0.2) is 4.79 Å². The maximum absolute atomic E-state index is 12.2. The minimum absolute atomic E-state index is 0.137. The number of halogens is 3. The number of benzene rings is 1. The fourth-order valence-electron chi connectivity index (χ4n) is 2.12. The molecule has 1 aromatic carbocycles. The summed E-state index contributed by atoms with van der Waals surface area (Å²) in [5.41, 5.74) is 0.391. The predicted molar refractivity (Wildman–Crippen MR) is 62.2 cm³/mol. The molecule has 1 unspecified atom stereocenters. The molecule has 0 aliphatic carbocycles. The van der Waals surface area contributed by atoms with E-state index in [2.05, 4.69) is 0 Å². The first-order valence-corrected chi connectivity index (χ1v) is 6.03. The predicted octanol–water partition coefficient (Wildman–Crippen LogP) is 3.03. The largest absolute Gasteiger partial charge is 0.389 e. The van der Waals surface area contributed by atoms with Crippen LogP contribution in [0.15, 0.2) is 30.3 Å². The van der Waals surface area contributed by atoms with Crippen LogP contribution in [0.2, 0.25) is 0 Å². The molecule has 6 heteroatoms. The summed E-state index contributed by atoms with van der Waals surface area (Å²) in [7, 11) is 0. The van der Waals surface area contributed by atoms with E-state index in [4.69, 9.17) is 4.84 Å². The number of hydrogen-bond acceptors (Lipinski definition) is 3. The first-order valence-electron chi connectivity index (χ1n) is 6.03. The molecule has 0 bridgehead atoms. The molecule has 1 aliphatic heterocycles. The molecule has 2 rings (SSSR count). The van der Waals surface area contributed by atoms with Crippen molar-refractivity contribution in [2.45, 2.75) is 19.0 Å². The summed E-state index contributed by atoms with van der Waals surface area (Å²) < 4.78 is 36.7. The Labute approximate surface area is 108 Å². The van der Waals surface area contributed by atoms with Gasteiger partial charge in [-0.1, -0.05) is 18.2 Å². The van der Waals surface area contributed by atoms with Crippen LogP contribution in [0.5, 0.6) is 0 Å². The number of nitrogens with zero attached hydrogens (tertiary/aromatic N) is 1. The number of hydrogen-bond donors (Lipinski definition) is 0. The second-order valence-corrected chi connectivity index (χ2v) is 4.61. The molecule has 104 valence electrons. The highest BCUT2D eigenvalue weighted by atomic mass is 19.4. The zero-order valence-corrected chi connectivity index (χ0v) is 10.2. The van der Waals surface area contributed by atoms with Crippen LogP contribution in [0, 0.1) is 5.92 Å². The third kappa shape index (κ3) is 4.24. The smallest absolute Gasteiger partial charge is 0.364 e. The molecular formula is C13H14F3NO2. The Morgan fingerprint density at radius 1 is 1.32 bits per heavy atom. The summed E-state index contributed by atoms with van der Waals surface area (Å²) in [6.07, 6.45) is -4.60. The third-order valence-corrected chi connectivity index (χ3v) is 2.99. The van der Waals surface area contributed by atoms with Crippen molar-refractivity contribution in [2.24, 2.45) is 5.92 Å². The normalized spacial score (nSPS) is 20.5. The second kappa shape index (κ2) is 5.61. The van der Waals surface area contributed by atoms with Crippen molar-refractivity contribution in [3.05, 3.63) is 35.9 Å². The van der Waals surface area contributed by atoms with Gasteiger partial charge in [0.05, 0.1) is 5.56 Å². The van der Waals surface area contributed by atoms with Gasteiger partial charge in [-0.15, -0.1) is 5.06 Å². The number of carbonyl (C=O) groups excluding carboxylic acids is 1. The number of hydroxylamine groups is 2. The highest BCUT2D eigenvalue weighted by molar-refractivity contribution is 5.89. The summed E-state index contributed by atoms with van der Waals surface area (Å²) in [5, 5.41) is 1.31. The van der Waals surface area contributed by atoms with E-state index in [9.17, 15) is 18.0 Å². The van der Waals surface area contributed by atoms with Crippen LogP contribution >= 0.6 is 0 Å². The molecule has 19 heavy (non-hydrogen) atoms. The molecule has 1 atom stereocenters. The van der Waals surface area contributed by atoms with Gasteiger partial charge in [0.2, 0.25) is 0 Å². The molecule has 1 aliphatic rings. The summed E-state index contributed by atoms with van der Waals surface area (Å²) >= 11 is 0. The lowest BCUT2D eigenvalue weighted by Crippen LogP contribution is -2.26. The van der Waals surface area contributed by atoms with Gasteiger partial charge < -0.3 is 4.84 Å². The Kier molecular flexibility index (Phi) is 4.09. The lowest BCUT2D eigenvalue weighted by Gasteiger charge is -2.16. The highest BCUT2D eigenvalue weighted by Gasteiger charge is 2.36. The summed E-state index contributed by atoms with van der Waals surface area (Å²) in [6.45, 7) is 0.484. The quantitative estimate of drug-likeness (QED) is 0.847. The topological polar surface area (TPSA) is 29.5 Å². The van der Waals surface area contributed by atoms with Gasteiger partial charge in [-0.05, 0) is 24.5 Å². The minimum Gasteiger partial charge on any atom is -0.364 e. The zero-order valence-electron chi connectivity index (χ0n) is 10.2. The number of alkyl halides is 3. The molecular weight excluding hydrogens is 259 g/mol. The number of carbonyl (C=O) groups is 1. The molecule has 3 nitrogen and oxygen atoms in total. The number of rotatable bonds is 3. The van der Waals surface area contributed by atoms with Crippen molar-refractivity contribution >= 4 is 5.97 Å². The molecule has 0 radical (unpaired) electrons. The van der Waals surface area contributed by atoms with Crippen molar-refractivity contribution in [3.8, 4) is 0 Å².